The van der Waals surface area contributed by atoms with Crippen molar-refractivity contribution in [2.24, 2.45) is 0 Å². The first kappa shape index (κ1) is 33.4. The Morgan fingerprint density at radius 3 is 1.57 bits per heavy atom. The fourth-order valence-corrected chi connectivity index (χ4v) is 7.99. The number of aromatic nitrogens is 6. The lowest BCUT2D eigenvalue weighted by Crippen LogP contribution is -2.03. The fraction of sp³-hybridized carbons (Fsp3) is 0. The molecule has 11 rings (SSSR count). The molecule has 6 heteroatoms. The SMILES string of the molecule is c1ccc(-c2cc(-c3ccccc3)c3nc(-c4cccc(-c5ccc(-c6c7ccccc7c7nc(-c8ccccc8)nc(-c8ccccc8)n67)cc5)c4)nn3c2)cc1. The molecule has 11 aromatic rings. The first-order valence-electron chi connectivity index (χ1n) is 19.4. The third-order valence-electron chi connectivity index (χ3n) is 10.8. The van der Waals surface area contributed by atoms with Gasteiger partial charge >= 0.3 is 0 Å². The van der Waals surface area contributed by atoms with Crippen LogP contribution in [0.15, 0.2) is 206 Å². The van der Waals surface area contributed by atoms with Crippen LogP contribution in [-0.4, -0.2) is 29.0 Å². The smallest absolute Gasteiger partial charge is 0.182 e. The van der Waals surface area contributed by atoms with Crippen LogP contribution in [0.25, 0.3) is 101 Å². The van der Waals surface area contributed by atoms with Crippen LogP contribution in [0.4, 0.5) is 0 Å². The van der Waals surface area contributed by atoms with E-state index in [4.69, 9.17) is 20.1 Å². The first-order chi connectivity index (χ1) is 28.7. The summed E-state index contributed by atoms with van der Waals surface area (Å²) in [6.07, 6.45) is 2.07. The lowest BCUT2D eigenvalue weighted by molar-refractivity contribution is 0.968. The van der Waals surface area contributed by atoms with Crippen molar-refractivity contribution in [2.45, 2.75) is 0 Å². The van der Waals surface area contributed by atoms with E-state index >= 15 is 0 Å². The van der Waals surface area contributed by atoms with E-state index in [1.807, 2.05) is 40.9 Å². The zero-order valence-corrected chi connectivity index (χ0v) is 31.3. The molecule has 4 heterocycles. The second kappa shape index (κ2) is 14.0. The van der Waals surface area contributed by atoms with Gasteiger partial charge in [0.15, 0.2) is 17.3 Å². The Balaban J connectivity index is 1.01. The predicted octanol–water partition coefficient (Wildman–Crippen LogP) is 12.6. The molecule has 0 atom stereocenters. The van der Waals surface area contributed by atoms with Gasteiger partial charge in [0.1, 0.15) is 11.5 Å². The number of rotatable bonds is 7. The van der Waals surface area contributed by atoms with E-state index in [1.54, 1.807) is 0 Å². The minimum Gasteiger partial charge on any atom is -0.277 e. The van der Waals surface area contributed by atoms with E-state index < -0.39 is 0 Å². The molecule has 4 aromatic heterocycles. The molecule has 0 radical (unpaired) electrons. The summed E-state index contributed by atoms with van der Waals surface area (Å²) in [5.74, 6) is 2.22. The van der Waals surface area contributed by atoms with Crippen molar-refractivity contribution >= 4 is 22.1 Å². The summed E-state index contributed by atoms with van der Waals surface area (Å²) in [4.78, 5) is 15.6. The van der Waals surface area contributed by atoms with Crippen LogP contribution in [0, 0.1) is 0 Å². The average Bonchev–Trinajstić information content (AvgIpc) is 3.90. The van der Waals surface area contributed by atoms with Gasteiger partial charge in [-0.25, -0.2) is 19.5 Å². The summed E-state index contributed by atoms with van der Waals surface area (Å²) in [7, 11) is 0. The van der Waals surface area contributed by atoms with Crippen LogP contribution in [0.2, 0.25) is 0 Å². The molecule has 0 amide bonds. The zero-order chi connectivity index (χ0) is 38.4. The highest BCUT2D eigenvalue weighted by Gasteiger charge is 2.21. The Morgan fingerprint density at radius 1 is 0.328 bits per heavy atom. The Kier molecular flexibility index (Phi) is 8.04. The monoisotopic (exact) mass is 742 g/mol. The van der Waals surface area contributed by atoms with Gasteiger partial charge in [0.05, 0.1) is 5.69 Å². The third kappa shape index (κ3) is 5.83. The molecule has 0 unspecified atom stereocenters. The molecule has 0 saturated carbocycles. The number of hydrogen-bond donors (Lipinski definition) is 0. The molecular weight excluding hydrogens is 709 g/mol. The van der Waals surface area contributed by atoms with Gasteiger partial charge in [0.2, 0.25) is 0 Å². The maximum Gasteiger partial charge on any atom is 0.182 e. The van der Waals surface area contributed by atoms with Crippen LogP contribution >= 0.6 is 0 Å². The van der Waals surface area contributed by atoms with Crippen molar-refractivity contribution in [3.8, 4) is 78.8 Å². The van der Waals surface area contributed by atoms with E-state index in [2.05, 4.69) is 174 Å². The lowest BCUT2D eigenvalue weighted by atomic mass is 9.99. The second-order valence-corrected chi connectivity index (χ2v) is 14.4. The average molecular weight is 743 g/mol. The molecule has 0 aliphatic heterocycles. The highest BCUT2D eigenvalue weighted by molar-refractivity contribution is 6.06. The van der Waals surface area contributed by atoms with Gasteiger partial charge in [-0.2, -0.15) is 0 Å². The number of pyridine rings is 1. The van der Waals surface area contributed by atoms with Crippen LogP contribution in [-0.2, 0) is 0 Å². The van der Waals surface area contributed by atoms with E-state index in [9.17, 15) is 0 Å². The Morgan fingerprint density at radius 2 is 0.862 bits per heavy atom. The number of fused-ring (bicyclic) bond motifs is 4. The third-order valence-corrected chi connectivity index (χ3v) is 10.8. The Labute approximate surface area is 335 Å². The zero-order valence-electron chi connectivity index (χ0n) is 31.3. The van der Waals surface area contributed by atoms with Crippen molar-refractivity contribution in [2.75, 3.05) is 0 Å². The summed E-state index contributed by atoms with van der Waals surface area (Å²) in [6.45, 7) is 0. The van der Waals surface area contributed by atoms with Crippen LogP contribution in [0.5, 0.6) is 0 Å². The standard InChI is InChI=1S/C52H34N6/c1-5-16-35(17-6-1)43-33-46(37-18-7-2-8-19-37)51-55-49(56-57(51)34-43)42-25-15-24-41(32-42)36-28-30-38(31-29-36)47-44-26-13-14-27-45(44)52-54-48(39-20-9-3-10-21-39)53-50(58(47)52)40-22-11-4-12-23-40/h1-34H. The van der Waals surface area contributed by atoms with Crippen molar-refractivity contribution in [1.29, 1.82) is 0 Å². The Hall–Kier alpha value is -7.96. The minimum absolute atomic E-state index is 0.676. The van der Waals surface area contributed by atoms with Gasteiger partial charge in [-0.15, -0.1) is 5.10 Å². The maximum atomic E-state index is 5.22. The molecule has 0 fully saturated rings. The molecule has 7 aromatic carbocycles. The summed E-state index contributed by atoms with van der Waals surface area (Å²) in [5.41, 5.74) is 13.3. The number of nitrogens with zero attached hydrogens (tertiary/aromatic N) is 6. The van der Waals surface area contributed by atoms with Crippen LogP contribution < -0.4 is 0 Å². The maximum absolute atomic E-state index is 5.22. The summed E-state index contributed by atoms with van der Waals surface area (Å²) >= 11 is 0. The molecular formula is C52H34N6. The topological polar surface area (TPSA) is 60.4 Å². The largest absolute Gasteiger partial charge is 0.277 e. The second-order valence-electron chi connectivity index (χ2n) is 14.4. The van der Waals surface area contributed by atoms with Gasteiger partial charge in [-0.05, 0) is 39.9 Å². The number of hydrogen-bond acceptors (Lipinski definition) is 4. The predicted molar refractivity (Wildman–Crippen MR) is 235 cm³/mol. The van der Waals surface area contributed by atoms with Gasteiger partial charge in [0, 0.05) is 44.8 Å². The molecule has 0 bridgehead atoms. The van der Waals surface area contributed by atoms with Crippen LogP contribution in [0.1, 0.15) is 0 Å². The van der Waals surface area contributed by atoms with E-state index in [1.165, 1.54) is 0 Å². The summed E-state index contributed by atoms with van der Waals surface area (Å²) < 4.78 is 4.15. The molecule has 0 aliphatic carbocycles. The molecule has 0 N–H and O–H groups in total. The summed E-state index contributed by atoms with van der Waals surface area (Å²) in [5, 5.41) is 7.25. The van der Waals surface area contributed by atoms with Gasteiger partial charge < -0.3 is 0 Å². The molecule has 272 valence electrons. The molecule has 0 aliphatic rings. The van der Waals surface area contributed by atoms with E-state index in [-0.39, 0.29) is 0 Å². The minimum atomic E-state index is 0.676. The van der Waals surface area contributed by atoms with E-state index in [0.29, 0.717) is 11.6 Å². The molecule has 0 spiro atoms. The quantitative estimate of drug-likeness (QED) is 0.163. The highest BCUT2D eigenvalue weighted by atomic mass is 15.3. The van der Waals surface area contributed by atoms with Crippen molar-refractivity contribution in [3.05, 3.63) is 206 Å². The van der Waals surface area contributed by atoms with Gasteiger partial charge in [-0.1, -0.05) is 188 Å². The van der Waals surface area contributed by atoms with Crippen molar-refractivity contribution in [1.82, 2.24) is 29.0 Å². The van der Waals surface area contributed by atoms with Gasteiger partial charge in [0.25, 0.3) is 0 Å². The first-order valence-corrected chi connectivity index (χ1v) is 19.4. The van der Waals surface area contributed by atoms with E-state index in [0.717, 1.165) is 89.2 Å². The molecule has 6 nitrogen and oxygen atoms in total. The fourth-order valence-electron chi connectivity index (χ4n) is 7.99. The highest BCUT2D eigenvalue weighted by Crippen LogP contribution is 2.39. The van der Waals surface area contributed by atoms with Gasteiger partial charge in [-0.3, -0.25) is 4.40 Å². The van der Waals surface area contributed by atoms with Crippen LogP contribution in [0.3, 0.4) is 0 Å². The normalized spacial score (nSPS) is 11.4. The molecule has 0 saturated heterocycles. The summed E-state index contributed by atoms with van der Waals surface area (Å²) in [6, 6.07) is 69.4. The Bertz CT molecular complexity index is 3240. The lowest BCUT2D eigenvalue weighted by Gasteiger charge is -2.12. The number of benzene rings is 7. The molecule has 58 heavy (non-hydrogen) atoms. The van der Waals surface area contributed by atoms with Crippen molar-refractivity contribution < 1.29 is 0 Å². The van der Waals surface area contributed by atoms with Crippen molar-refractivity contribution in [3.63, 3.8) is 0 Å².